The van der Waals surface area contributed by atoms with Crippen molar-refractivity contribution in [3.05, 3.63) is 94.3 Å². The maximum absolute atomic E-state index is 14.4. The summed E-state index contributed by atoms with van der Waals surface area (Å²) in [5.74, 6) is -0.218. The minimum atomic E-state index is -4.00. The van der Waals surface area contributed by atoms with E-state index in [1.54, 1.807) is 19.2 Å². The third-order valence-corrected chi connectivity index (χ3v) is 8.50. The predicted molar refractivity (Wildman–Crippen MR) is 138 cm³/mol. The largest absolute Gasteiger partial charge is 0.497 e. The first-order valence-corrected chi connectivity index (χ1v) is 13.5. The monoisotopic (exact) mass is 543 g/mol. The molecule has 0 spiro atoms. The molecule has 1 saturated heterocycles. The third kappa shape index (κ3) is 6.47. The summed E-state index contributed by atoms with van der Waals surface area (Å²) < 4.78 is 53.5. The molecule has 0 bridgehead atoms. The van der Waals surface area contributed by atoms with Crippen molar-refractivity contribution < 1.29 is 22.3 Å². The minimum Gasteiger partial charge on any atom is -0.497 e. The number of ether oxygens (including phenoxy) is 2. The molecule has 10 heteroatoms. The molecule has 1 heterocycles. The first kappa shape index (κ1) is 27.0. The van der Waals surface area contributed by atoms with E-state index in [-0.39, 0.29) is 24.2 Å². The van der Waals surface area contributed by atoms with Crippen LogP contribution in [0.15, 0.2) is 71.6 Å². The van der Waals surface area contributed by atoms with Crippen LogP contribution < -0.4 is 4.74 Å². The van der Waals surface area contributed by atoms with Gasteiger partial charge in [-0.05, 0) is 47.5 Å². The van der Waals surface area contributed by atoms with Gasteiger partial charge in [0.2, 0.25) is 10.0 Å². The van der Waals surface area contributed by atoms with Crippen LogP contribution >= 0.6 is 11.6 Å². The average molecular weight is 544 g/mol. The second-order valence-electron chi connectivity index (χ2n) is 8.64. The van der Waals surface area contributed by atoms with Gasteiger partial charge in [0.25, 0.3) is 0 Å². The predicted octanol–water partition coefficient (Wildman–Crippen LogP) is 4.62. The van der Waals surface area contributed by atoms with Gasteiger partial charge in [-0.1, -0.05) is 41.9 Å². The van der Waals surface area contributed by atoms with E-state index in [1.165, 1.54) is 22.5 Å². The molecule has 1 atom stereocenters. The zero-order valence-electron chi connectivity index (χ0n) is 20.3. The van der Waals surface area contributed by atoms with Crippen molar-refractivity contribution in [1.29, 1.82) is 5.26 Å². The Bertz CT molecular complexity index is 1370. The van der Waals surface area contributed by atoms with Crippen molar-refractivity contribution in [1.82, 2.24) is 9.21 Å². The Kier molecular flexibility index (Phi) is 8.79. The quantitative estimate of drug-likeness (QED) is 0.391. The number of nitriles is 1. The molecule has 0 unspecified atom stereocenters. The number of rotatable bonds is 9. The molecule has 0 saturated carbocycles. The minimum absolute atomic E-state index is 0.217. The highest BCUT2D eigenvalue weighted by molar-refractivity contribution is 7.89. The fourth-order valence-corrected chi connectivity index (χ4v) is 5.92. The number of hydrogen-bond acceptors (Lipinski definition) is 6. The second-order valence-corrected chi connectivity index (χ2v) is 11.0. The van der Waals surface area contributed by atoms with Crippen LogP contribution in [-0.2, 0) is 21.4 Å². The number of benzene rings is 3. The van der Waals surface area contributed by atoms with Crippen molar-refractivity contribution in [2.75, 3.05) is 39.8 Å². The Balaban J connectivity index is 1.45. The highest BCUT2D eigenvalue weighted by Gasteiger charge is 2.32. The van der Waals surface area contributed by atoms with Crippen LogP contribution in [0.25, 0.3) is 0 Å². The van der Waals surface area contributed by atoms with Gasteiger partial charge in [0.05, 0.1) is 36.5 Å². The maximum Gasteiger partial charge on any atom is 0.246 e. The van der Waals surface area contributed by atoms with Gasteiger partial charge in [0.1, 0.15) is 10.6 Å². The normalized spacial score (nSPS) is 15.7. The van der Waals surface area contributed by atoms with E-state index in [0.29, 0.717) is 37.6 Å². The molecular weight excluding hydrogens is 517 g/mol. The average Bonchev–Trinajstić information content (AvgIpc) is 2.93. The number of piperazine rings is 1. The SMILES string of the molecule is COc1cccc([C@@H](CN2CCN(S(=O)(=O)c3cccc(Cl)c3F)CC2)OCc2ccc(C#N)cc2)c1. The van der Waals surface area contributed by atoms with Crippen LogP contribution in [-0.4, -0.2) is 57.5 Å². The molecular formula is C27H27ClFN3O4S. The molecule has 0 radical (unpaired) electrons. The molecule has 0 N–H and O–H groups in total. The smallest absolute Gasteiger partial charge is 0.246 e. The number of methoxy groups -OCH3 is 1. The van der Waals surface area contributed by atoms with E-state index < -0.39 is 20.7 Å². The Labute approximate surface area is 221 Å². The summed E-state index contributed by atoms with van der Waals surface area (Å²) in [7, 11) is -2.40. The van der Waals surface area contributed by atoms with Crippen molar-refractivity contribution in [3.63, 3.8) is 0 Å². The molecule has 3 aromatic rings. The van der Waals surface area contributed by atoms with E-state index in [1.807, 2.05) is 36.4 Å². The van der Waals surface area contributed by atoms with Gasteiger partial charge >= 0.3 is 0 Å². The lowest BCUT2D eigenvalue weighted by Gasteiger charge is -2.36. The van der Waals surface area contributed by atoms with E-state index >= 15 is 0 Å². The molecule has 0 aromatic heterocycles. The van der Waals surface area contributed by atoms with Gasteiger partial charge in [-0.3, -0.25) is 4.90 Å². The molecule has 7 nitrogen and oxygen atoms in total. The summed E-state index contributed by atoms with van der Waals surface area (Å²) in [6.45, 7) is 2.23. The Hall–Kier alpha value is -3.00. The van der Waals surface area contributed by atoms with E-state index in [2.05, 4.69) is 11.0 Å². The van der Waals surface area contributed by atoms with Gasteiger partial charge < -0.3 is 9.47 Å². The van der Waals surface area contributed by atoms with Crippen LogP contribution in [0.5, 0.6) is 5.75 Å². The fraction of sp³-hybridized carbons (Fsp3) is 0.296. The molecule has 1 aliphatic heterocycles. The van der Waals surface area contributed by atoms with Crippen LogP contribution in [0, 0.1) is 17.1 Å². The molecule has 0 aliphatic carbocycles. The van der Waals surface area contributed by atoms with E-state index in [4.69, 9.17) is 26.3 Å². The van der Waals surface area contributed by atoms with Gasteiger partial charge in [-0.25, -0.2) is 12.8 Å². The first-order valence-electron chi connectivity index (χ1n) is 11.7. The van der Waals surface area contributed by atoms with Crippen LogP contribution in [0.1, 0.15) is 22.8 Å². The number of sulfonamides is 1. The summed E-state index contributed by atoms with van der Waals surface area (Å²) in [5.41, 5.74) is 2.45. The summed E-state index contributed by atoms with van der Waals surface area (Å²) in [6, 6.07) is 21.0. The Morgan fingerprint density at radius 3 is 2.43 bits per heavy atom. The first-order chi connectivity index (χ1) is 17.8. The fourth-order valence-electron chi connectivity index (χ4n) is 4.18. The zero-order valence-corrected chi connectivity index (χ0v) is 21.9. The molecule has 4 rings (SSSR count). The lowest BCUT2D eigenvalue weighted by molar-refractivity contribution is 0.00762. The molecule has 1 aliphatic rings. The number of nitrogens with zero attached hydrogens (tertiary/aromatic N) is 3. The van der Waals surface area contributed by atoms with Crippen LogP contribution in [0.3, 0.4) is 0 Å². The summed E-state index contributed by atoms with van der Waals surface area (Å²) in [4.78, 5) is 1.72. The van der Waals surface area contributed by atoms with Crippen molar-refractivity contribution >= 4 is 21.6 Å². The molecule has 37 heavy (non-hydrogen) atoms. The number of halogens is 2. The highest BCUT2D eigenvalue weighted by atomic mass is 35.5. The van der Waals surface area contributed by atoms with Gasteiger partial charge in [0.15, 0.2) is 5.82 Å². The highest BCUT2D eigenvalue weighted by Crippen LogP contribution is 2.28. The van der Waals surface area contributed by atoms with Gasteiger partial charge in [-0.15, -0.1) is 0 Å². The van der Waals surface area contributed by atoms with E-state index in [9.17, 15) is 12.8 Å². The summed E-state index contributed by atoms with van der Waals surface area (Å²) in [5, 5.41) is 8.80. The maximum atomic E-state index is 14.4. The topological polar surface area (TPSA) is 82.9 Å². The molecule has 1 fully saturated rings. The third-order valence-electron chi connectivity index (χ3n) is 6.29. The lowest BCUT2D eigenvalue weighted by Crippen LogP contribution is -2.49. The zero-order chi connectivity index (χ0) is 26.4. The molecule has 3 aromatic carbocycles. The Morgan fingerprint density at radius 2 is 1.76 bits per heavy atom. The lowest BCUT2D eigenvalue weighted by atomic mass is 10.1. The summed E-state index contributed by atoms with van der Waals surface area (Å²) >= 11 is 5.80. The molecule has 0 amide bonds. The second kappa shape index (κ2) is 12.0. The van der Waals surface area contributed by atoms with Gasteiger partial charge in [-0.2, -0.15) is 9.57 Å². The standard InChI is InChI=1S/C27H27ClFN3O4S/c1-35-23-5-2-4-22(16-23)25(36-19-21-10-8-20(17-30)9-11-21)18-31-12-14-32(15-13-31)37(33,34)26-7-3-6-24(28)27(26)29/h2-11,16,25H,12-15,18-19H2,1H3/t25-/m1/s1. The van der Waals surface area contributed by atoms with Crippen molar-refractivity contribution in [3.8, 4) is 11.8 Å². The van der Waals surface area contributed by atoms with E-state index in [0.717, 1.165) is 11.1 Å². The van der Waals surface area contributed by atoms with Crippen LogP contribution in [0.2, 0.25) is 5.02 Å². The summed E-state index contributed by atoms with van der Waals surface area (Å²) in [6.07, 6.45) is -0.306. The number of hydrogen-bond donors (Lipinski definition) is 0. The van der Waals surface area contributed by atoms with Crippen molar-refractivity contribution in [2.24, 2.45) is 0 Å². The van der Waals surface area contributed by atoms with Crippen molar-refractivity contribution in [2.45, 2.75) is 17.6 Å². The molecule has 194 valence electrons. The van der Waals surface area contributed by atoms with Crippen LogP contribution in [0.4, 0.5) is 4.39 Å². The Morgan fingerprint density at radius 1 is 1.05 bits per heavy atom. The van der Waals surface area contributed by atoms with Gasteiger partial charge in [0, 0.05) is 32.7 Å².